The number of hydrogen-bond acceptors (Lipinski definition) is 7. The van der Waals surface area contributed by atoms with E-state index in [0.717, 1.165) is 54.5 Å². The summed E-state index contributed by atoms with van der Waals surface area (Å²) in [6.45, 7) is 2.04. The number of nitrogens with zero attached hydrogens (tertiary/aromatic N) is 1. The summed E-state index contributed by atoms with van der Waals surface area (Å²) in [7, 11) is -7.79. The summed E-state index contributed by atoms with van der Waals surface area (Å²) in [5, 5.41) is 5.21. The summed E-state index contributed by atoms with van der Waals surface area (Å²) in [5.74, 6) is 0. The molecule has 0 saturated heterocycles. The van der Waals surface area contributed by atoms with Crippen LogP contribution in [0.1, 0.15) is 5.56 Å². The van der Waals surface area contributed by atoms with E-state index in [-0.39, 0.29) is 19.6 Å². The van der Waals surface area contributed by atoms with Crippen LogP contribution in [0, 0.1) is 6.92 Å². The first-order valence-corrected chi connectivity index (χ1v) is 25.7. The van der Waals surface area contributed by atoms with Gasteiger partial charge in [0.25, 0.3) is 0 Å². The van der Waals surface area contributed by atoms with Gasteiger partial charge in [0, 0.05) is 33.3 Å². The number of sulfone groups is 2. The standard InChI is InChI=1S/C43H31NO4P2S4/c1-30-26-41-43-42(27-30)50(52,32-16-8-3-9-17-32)40-29-36(54(47,48)34-20-12-5-13-21-34)23-25-38(40)44(43)37-24-22-35(53(45,46)33-18-10-4-11-19-33)28-39(37)49(41,51)31-14-6-2-7-15-31/h2-29H,1H3. The molecule has 0 aromatic heterocycles. The molecular formula is C43H31NO4P2S4. The minimum atomic E-state index is -3.90. The normalized spacial score (nSPS) is 18.6. The van der Waals surface area contributed by atoms with Crippen LogP contribution in [-0.4, -0.2) is 16.8 Å². The Labute approximate surface area is 325 Å². The Bertz CT molecular complexity index is 2780. The maximum atomic E-state index is 14.2. The second kappa shape index (κ2) is 12.8. The molecule has 2 atom stereocenters. The average Bonchev–Trinajstić information content (AvgIpc) is 3.21. The number of fused-ring (bicyclic) bond motifs is 4. The Kier molecular flexibility index (Phi) is 8.36. The molecule has 9 rings (SSSR count). The van der Waals surface area contributed by atoms with Gasteiger partial charge in [0.2, 0.25) is 19.7 Å². The molecule has 2 unspecified atom stereocenters. The SMILES string of the molecule is Cc1cc2c3c(c1)P(=S)(c1ccccc1)c1cc(S(=O)(=O)c4ccccc4)ccc1N3c1ccc(S(=O)(=O)c3ccccc3)cc1P2(=S)c1ccccc1. The van der Waals surface area contributed by atoms with E-state index in [1.54, 1.807) is 84.9 Å². The number of benzene rings is 7. The van der Waals surface area contributed by atoms with Crippen molar-refractivity contribution >= 4 is 104 Å². The average molecular weight is 816 g/mol. The summed E-state index contributed by atoms with van der Waals surface area (Å²) in [6.07, 6.45) is 0. The van der Waals surface area contributed by atoms with Crippen LogP contribution < -0.4 is 36.7 Å². The summed E-state index contributed by atoms with van der Waals surface area (Å²) >= 11 is 14.0. The highest BCUT2D eigenvalue weighted by Gasteiger charge is 2.47. The molecule has 2 aliphatic heterocycles. The second-order valence-corrected chi connectivity index (χ2v) is 25.9. The maximum Gasteiger partial charge on any atom is 0.206 e. The Balaban J connectivity index is 1.40. The van der Waals surface area contributed by atoms with Gasteiger partial charge in [-0.15, -0.1) is 0 Å². The highest BCUT2D eigenvalue weighted by molar-refractivity contribution is 8.27. The lowest BCUT2D eigenvalue weighted by atomic mass is 10.1. The molecule has 0 N–H and O–H groups in total. The van der Waals surface area contributed by atoms with Gasteiger partial charge < -0.3 is 4.90 Å². The van der Waals surface area contributed by atoms with Crippen molar-refractivity contribution in [1.82, 2.24) is 0 Å². The third kappa shape index (κ3) is 5.14. The molecule has 0 bridgehead atoms. The first-order chi connectivity index (χ1) is 26.0. The van der Waals surface area contributed by atoms with Gasteiger partial charge in [-0.2, -0.15) is 0 Å². The molecule has 54 heavy (non-hydrogen) atoms. The molecule has 266 valence electrons. The molecule has 0 spiro atoms. The van der Waals surface area contributed by atoms with Crippen LogP contribution in [0.3, 0.4) is 0 Å². The minimum Gasteiger partial charge on any atom is -0.308 e. The van der Waals surface area contributed by atoms with Crippen LogP contribution in [0.25, 0.3) is 0 Å². The monoisotopic (exact) mass is 815 g/mol. The summed E-state index contributed by atoms with van der Waals surface area (Å²) in [4.78, 5) is 2.86. The number of rotatable bonds is 6. The molecule has 0 amide bonds. The van der Waals surface area contributed by atoms with Crippen molar-refractivity contribution in [1.29, 1.82) is 0 Å². The fourth-order valence-electron chi connectivity index (χ4n) is 7.61. The number of aryl methyl sites for hydroxylation is 1. The molecular weight excluding hydrogens is 785 g/mol. The molecule has 2 aliphatic rings. The predicted molar refractivity (Wildman–Crippen MR) is 229 cm³/mol. The topological polar surface area (TPSA) is 71.5 Å². The van der Waals surface area contributed by atoms with E-state index in [1.807, 2.05) is 79.7 Å². The smallest absolute Gasteiger partial charge is 0.206 e. The van der Waals surface area contributed by atoms with Crippen LogP contribution in [0.15, 0.2) is 189 Å². The van der Waals surface area contributed by atoms with Crippen molar-refractivity contribution in [3.05, 3.63) is 175 Å². The summed E-state index contributed by atoms with van der Waals surface area (Å²) < 4.78 is 56.7. The lowest BCUT2D eigenvalue weighted by molar-refractivity contribution is 0.594. The van der Waals surface area contributed by atoms with Crippen LogP contribution in [0.2, 0.25) is 0 Å². The Morgan fingerprint density at radius 1 is 0.426 bits per heavy atom. The van der Waals surface area contributed by atoms with Crippen LogP contribution in [-0.2, 0) is 43.3 Å². The van der Waals surface area contributed by atoms with Gasteiger partial charge in [0.15, 0.2) is 0 Å². The Morgan fingerprint density at radius 2 is 0.778 bits per heavy atom. The van der Waals surface area contributed by atoms with E-state index in [0.29, 0.717) is 0 Å². The van der Waals surface area contributed by atoms with Gasteiger partial charge in [0.1, 0.15) is 0 Å². The van der Waals surface area contributed by atoms with E-state index in [2.05, 4.69) is 17.0 Å². The zero-order valence-corrected chi connectivity index (χ0v) is 33.8. The van der Waals surface area contributed by atoms with Crippen LogP contribution in [0.4, 0.5) is 17.1 Å². The fraction of sp³-hybridized carbons (Fsp3) is 0.0233. The molecule has 0 aliphatic carbocycles. The largest absolute Gasteiger partial charge is 0.308 e. The molecule has 7 aromatic carbocycles. The molecule has 0 saturated carbocycles. The second-order valence-electron chi connectivity index (χ2n) is 13.3. The maximum absolute atomic E-state index is 14.2. The lowest BCUT2D eigenvalue weighted by Crippen LogP contribution is -2.46. The molecule has 0 fully saturated rings. The van der Waals surface area contributed by atoms with Crippen LogP contribution in [0.5, 0.6) is 0 Å². The Morgan fingerprint density at radius 3 is 1.15 bits per heavy atom. The van der Waals surface area contributed by atoms with Gasteiger partial charge in [-0.3, -0.25) is 0 Å². The molecule has 2 heterocycles. The van der Waals surface area contributed by atoms with Crippen molar-refractivity contribution < 1.29 is 16.8 Å². The predicted octanol–water partition coefficient (Wildman–Crippen LogP) is 7.27. The highest BCUT2D eigenvalue weighted by atomic mass is 32.4. The molecule has 7 aromatic rings. The van der Waals surface area contributed by atoms with Gasteiger partial charge in [-0.1, -0.05) is 121 Å². The van der Waals surface area contributed by atoms with Crippen molar-refractivity contribution in [2.24, 2.45) is 0 Å². The quantitative estimate of drug-likeness (QED) is 0.164. The summed E-state index contributed by atoms with van der Waals surface area (Å²) in [5.41, 5.74) is 3.37. The fourth-order valence-corrected chi connectivity index (χ4v) is 19.2. The van der Waals surface area contributed by atoms with E-state index in [9.17, 15) is 16.8 Å². The van der Waals surface area contributed by atoms with Crippen molar-refractivity contribution in [2.45, 2.75) is 26.5 Å². The van der Waals surface area contributed by atoms with E-state index < -0.39 is 31.8 Å². The van der Waals surface area contributed by atoms with Crippen LogP contribution >= 0.6 is 12.1 Å². The zero-order valence-electron chi connectivity index (χ0n) is 28.8. The molecule has 0 radical (unpaired) electrons. The third-order valence-electron chi connectivity index (χ3n) is 10.1. The first kappa shape index (κ1) is 35.3. The van der Waals surface area contributed by atoms with Crippen molar-refractivity contribution in [2.75, 3.05) is 4.90 Å². The highest BCUT2D eigenvalue weighted by Crippen LogP contribution is 2.61. The number of hydrogen-bond donors (Lipinski definition) is 0. The van der Waals surface area contributed by atoms with Gasteiger partial charge in [0.05, 0.1) is 36.6 Å². The number of anilines is 3. The zero-order chi connectivity index (χ0) is 37.5. The van der Waals surface area contributed by atoms with Crippen molar-refractivity contribution in [3.63, 3.8) is 0 Å². The van der Waals surface area contributed by atoms with Gasteiger partial charge in [-0.05, 0) is 95.9 Å². The van der Waals surface area contributed by atoms with Crippen molar-refractivity contribution in [3.8, 4) is 0 Å². The molecule has 5 nitrogen and oxygen atoms in total. The minimum absolute atomic E-state index is 0.157. The van der Waals surface area contributed by atoms with Gasteiger partial charge in [-0.25, -0.2) is 16.8 Å². The third-order valence-corrected chi connectivity index (χ3v) is 23.5. The van der Waals surface area contributed by atoms with E-state index in [1.165, 1.54) is 0 Å². The van der Waals surface area contributed by atoms with E-state index in [4.69, 9.17) is 23.6 Å². The Hall–Kier alpha value is -4.46. The summed E-state index contributed by atoms with van der Waals surface area (Å²) in [6, 6.07) is 45.8. The lowest BCUT2D eigenvalue weighted by Gasteiger charge is -2.47. The molecule has 11 heteroatoms. The van der Waals surface area contributed by atoms with Gasteiger partial charge >= 0.3 is 0 Å². The van der Waals surface area contributed by atoms with E-state index >= 15 is 0 Å². The first-order valence-electron chi connectivity index (χ1n) is 17.1.